The van der Waals surface area contributed by atoms with Gasteiger partial charge in [0.25, 0.3) is 0 Å². The minimum absolute atomic E-state index is 0.398. The van der Waals surface area contributed by atoms with Crippen LogP contribution < -0.4 is 5.32 Å². The van der Waals surface area contributed by atoms with Crippen LogP contribution in [0.3, 0.4) is 0 Å². The molecule has 1 nitrogen and oxygen atoms in total. The fraction of sp³-hybridized carbons (Fsp3) is 0.636. The smallest absolute Gasteiger partial charge is 0.0536 e. The van der Waals surface area contributed by atoms with Gasteiger partial charge in [-0.1, -0.05) is 88.4 Å². The van der Waals surface area contributed by atoms with Gasteiger partial charge in [0.1, 0.15) is 0 Å². The van der Waals surface area contributed by atoms with Gasteiger partial charge in [0.2, 0.25) is 0 Å². The molecule has 1 rings (SSSR count). The monoisotopic (exact) mass is 315 g/mol. The molecule has 1 aromatic rings. The number of hydrogen-bond acceptors (Lipinski definition) is 1. The second-order valence-corrected chi connectivity index (χ2v) is 6.53. The third-order valence-electron chi connectivity index (χ3n) is 4.39. The summed E-state index contributed by atoms with van der Waals surface area (Å²) in [6, 6.07) is 11.4. The molecule has 1 aromatic carbocycles. The molecule has 0 heterocycles. The van der Waals surface area contributed by atoms with E-state index in [1.54, 1.807) is 5.57 Å². The zero-order valence-electron chi connectivity index (χ0n) is 15.6. The average molecular weight is 316 g/mol. The molecule has 130 valence electrons. The van der Waals surface area contributed by atoms with E-state index in [0.717, 1.165) is 6.54 Å². The summed E-state index contributed by atoms with van der Waals surface area (Å²) in [6.07, 6.45) is 14.1. The molecular weight excluding hydrogens is 278 g/mol. The highest BCUT2D eigenvalue weighted by Gasteiger charge is 2.15. The maximum atomic E-state index is 3.79. The van der Waals surface area contributed by atoms with Crippen LogP contribution in [0.1, 0.15) is 90.2 Å². The molecule has 0 saturated heterocycles. The first-order chi connectivity index (χ1) is 11.3. The van der Waals surface area contributed by atoms with E-state index in [0.29, 0.717) is 6.04 Å². The molecule has 1 atom stereocenters. The van der Waals surface area contributed by atoms with Crippen LogP contribution in [0.15, 0.2) is 42.0 Å². The lowest BCUT2D eigenvalue weighted by atomic mass is 9.92. The molecule has 0 aromatic heterocycles. The second kappa shape index (κ2) is 13.4. The highest BCUT2D eigenvalue weighted by molar-refractivity contribution is 5.28. The maximum Gasteiger partial charge on any atom is 0.0536 e. The van der Waals surface area contributed by atoms with Crippen molar-refractivity contribution in [3.8, 4) is 0 Å². The molecule has 0 saturated carbocycles. The summed E-state index contributed by atoms with van der Waals surface area (Å²) in [4.78, 5) is 0. The number of unbranched alkanes of at least 4 members (excludes halogenated alkanes) is 5. The van der Waals surface area contributed by atoms with Crippen LogP contribution in [-0.4, -0.2) is 6.54 Å². The molecular formula is C22H37N. The van der Waals surface area contributed by atoms with Crippen LogP contribution in [0, 0.1) is 0 Å². The first kappa shape index (κ1) is 20.0. The Morgan fingerprint density at radius 2 is 1.61 bits per heavy atom. The zero-order chi connectivity index (χ0) is 16.8. The zero-order valence-corrected chi connectivity index (χ0v) is 15.6. The van der Waals surface area contributed by atoms with Crippen molar-refractivity contribution < 1.29 is 0 Å². The number of allylic oxidation sites excluding steroid dienone is 1. The van der Waals surface area contributed by atoms with Crippen molar-refractivity contribution in [2.45, 2.75) is 84.6 Å². The van der Waals surface area contributed by atoms with E-state index in [1.165, 1.54) is 63.4 Å². The van der Waals surface area contributed by atoms with E-state index in [9.17, 15) is 0 Å². The molecule has 0 bridgehead atoms. The third-order valence-corrected chi connectivity index (χ3v) is 4.39. The predicted molar refractivity (Wildman–Crippen MR) is 104 cm³/mol. The summed E-state index contributed by atoms with van der Waals surface area (Å²) in [5.41, 5.74) is 3.02. The number of nitrogens with one attached hydrogen (secondary N) is 1. The van der Waals surface area contributed by atoms with Gasteiger partial charge in [-0.25, -0.2) is 0 Å². The lowest BCUT2D eigenvalue weighted by molar-refractivity contribution is 0.557. The Balaban J connectivity index is 2.85. The molecule has 0 radical (unpaired) electrons. The van der Waals surface area contributed by atoms with Crippen LogP contribution in [0.2, 0.25) is 0 Å². The Morgan fingerprint density at radius 3 is 2.26 bits per heavy atom. The number of hydrogen-bond donors (Lipinski definition) is 1. The molecule has 0 aliphatic rings. The van der Waals surface area contributed by atoms with Crippen molar-refractivity contribution in [3.63, 3.8) is 0 Å². The Labute approximate surface area is 144 Å². The van der Waals surface area contributed by atoms with Gasteiger partial charge in [-0.15, -0.1) is 0 Å². The normalized spacial score (nSPS) is 13.3. The van der Waals surface area contributed by atoms with Gasteiger partial charge >= 0.3 is 0 Å². The van der Waals surface area contributed by atoms with Gasteiger partial charge in [0.05, 0.1) is 6.04 Å². The van der Waals surface area contributed by atoms with E-state index in [2.05, 4.69) is 62.5 Å². The van der Waals surface area contributed by atoms with Gasteiger partial charge in [-0.05, 0) is 44.2 Å². The van der Waals surface area contributed by atoms with Crippen LogP contribution >= 0.6 is 0 Å². The number of benzene rings is 1. The van der Waals surface area contributed by atoms with E-state index >= 15 is 0 Å². The maximum absolute atomic E-state index is 3.79. The van der Waals surface area contributed by atoms with E-state index in [-0.39, 0.29) is 0 Å². The first-order valence-electron chi connectivity index (χ1n) is 9.80. The first-order valence-corrected chi connectivity index (χ1v) is 9.80. The number of rotatable bonds is 13. The molecule has 1 heteroatoms. The SMILES string of the molecule is CCCCC/C=C(\CCCCC)C(NCCC)c1ccccc1. The summed E-state index contributed by atoms with van der Waals surface area (Å²) in [5.74, 6) is 0. The van der Waals surface area contributed by atoms with Gasteiger partial charge in [-0.2, -0.15) is 0 Å². The fourth-order valence-electron chi connectivity index (χ4n) is 3.02. The van der Waals surface area contributed by atoms with Crippen molar-refractivity contribution in [2.75, 3.05) is 6.54 Å². The minimum Gasteiger partial charge on any atom is -0.307 e. The van der Waals surface area contributed by atoms with Crippen molar-refractivity contribution in [2.24, 2.45) is 0 Å². The van der Waals surface area contributed by atoms with Crippen LogP contribution in [-0.2, 0) is 0 Å². The Hall–Kier alpha value is -1.08. The van der Waals surface area contributed by atoms with Gasteiger partial charge in [0, 0.05) is 0 Å². The predicted octanol–water partition coefficient (Wildman–Crippen LogP) is 6.81. The topological polar surface area (TPSA) is 12.0 Å². The summed E-state index contributed by atoms with van der Waals surface area (Å²) in [7, 11) is 0. The summed E-state index contributed by atoms with van der Waals surface area (Å²) in [5, 5.41) is 3.79. The van der Waals surface area contributed by atoms with Crippen molar-refractivity contribution in [1.29, 1.82) is 0 Å². The quantitative estimate of drug-likeness (QED) is 0.311. The molecule has 0 aliphatic heterocycles. The molecule has 23 heavy (non-hydrogen) atoms. The largest absolute Gasteiger partial charge is 0.307 e. The molecule has 1 N–H and O–H groups in total. The standard InChI is InChI=1S/C22H37N/c1-4-7-9-12-16-20(15-11-8-5-2)22(23-19-6-3)21-17-13-10-14-18-21/h10,13-14,16-18,22-23H,4-9,11-12,15,19H2,1-3H3/b20-16+. The highest BCUT2D eigenvalue weighted by Crippen LogP contribution is 2.27. The van der Waals surface area contributed by atoms with Crippen LogP contribution in [0.5, 0.6) is 0 Å². The third kappa shape index (κ3) is 8.37. The van der Waals surface area contributed by atoms with Gasteiger partial charge in [-0.3, -0.25) is 0 Å². The van der Waals surface area contributed by atoms with E-state index in [1.807, 2.05) is 0 Å². The molecule has 0 spiro atoms. The van der Waals surface area contributed by atoms with Crippen molar-refractivity contribution >= 4 is 0 Å². The van der Waals surface area contributed by atoms with Crippen LogP contribution in [0.25, 0.3) is 0 Å². The Morgan fingerprint density at radius 1 is 0.913 bits per heavy atom. The average Bonchev–Trinajstić information content (AvgIpc) is 2.59. The Kier molecular flexibility index (Phi) is 11.6. The fourth-order valence-corrected chi connectivity index (χ4v) is 3.02. The van der Waals surface area contributed by atoms with Crippen molar-refractivity contribution in [3.05, 3.63) is 47.5 Å². The molecule has 1 unspecified atom stereocenters. The van der Waals surface area contributed by atoms with E-state index in [4.69, 9.17) is 0 Å². The minimum atomic E-state index is 0.398. The van der Waals surface area contributed by atoms with Crippen molar-refractivity contribution in [1.82, 2.24) is 5.32 Å². The van der Waals surface area contributed by atoms with Crippen LogP contribution in [0.4, 0.5) is 0 Å². The Bertz CT molecular complexity index is 407. The molecule has 0 aliphatic carbocycles. The van der Waals surface area contributed by atoms with E-state index < -0.39 is 0 Å². The summed E-state index contributed by atoms with van der Waals surface area (Å²) < 4.78 is 0. The molecule has 0 fully saturated rings. The lowest BCUT2D eigenvalue weighted by Crippen LogP contribution is -2.24. The summed E-state index contributed by atoms with van der Waals surface area (Å²) in [6.45, 7) is 7.90. The second-order valence-electron chi connectivity index (χ2n) is 6.53. The van der Waals surface area contributed by atoms with Gasteiger partial charge in [0.15, 0.2) is 0 Å². The molecule has 0 amide bonds. The highest BCUT2D eigenvalue weighted by atomic mass is 14.9. The summed E-state index contributed by atoms with van der Waals surface area (Å²) >= 11 is 0. The lowest BCUT2D eigenvalue weighted by Gasteiger charge is -2.23. The van der Waals surface area contributed by atoms with Gasteiger partial charge < -0.3 is 5.32 Å².